The summed E-state index contributed by atoms with van der Waals surface area (Å²) in [4.78, 5) is 0. The zero-order valence-electron chi connectivity index (χ0n) is 17.6. The fourth-order valence-corrected chi connectivity index (χ4v) is 5.42. The summed E-state index contributed by atoms with van der Waals surface area (Å²) in [5.41, 5.74) is 1.41. The van der Waals surface area contributed by atoms with Crippen LogP contribution in [0.15, 0.2) is 52.3 Å². The van der Waals surface area contributed by atoms with Crippen LogP contribution in [0, 0.1) is 0 Å². The van der Waals surface area contributed by atoms with E-state index in [0.717, 1.165) is 15.3 Å². The van der Waals surface area contributed by atoms with E-state index in [4.69, 9.17) is 4.74 Å². The van der Waals surface area contributed by atoms with Crippen LogP contribution in [0.2, 0.25) is 0 Å². The highest BCUT2D eigenvalue weighted by Crippen LogP contribution is 2.43. The van der Waals surface area contributed by atoms with Crippen LogP contribution >= 0.6 is 27.3 Å². The lowest BCUT2D eigenvalue weighted by atomic mass is 10.0. The second-order valence-electron chi connectivity index (χ2n) is 7.88. The van der Waals surface area contributed by atoms with E-state index in [1.54, 1.807) is 11.3 Å². The third kappa shape index (κ3) is 7.15. The zero-order valence-corrected chi connectivity index (χ0v) is 20.0. The summed E-state index contributed by atoms with van der Waals surface area (Å²) in [6.45, 7) is 2.28. The average molecular weight is 474 g/mol. The molecule has 0 saturated carbocycles. The molecule has 1 aromatic heterocycles. The Morgan fingerprint density at radius 1 is 0.759 bits per heavy atom. The number of hydrogen-bond acceptors (Lipinski definition) is 2. The van der Waals surface area contributed by atoms with Crippen molar-refractivity contribution in [3.63, 3.8) is 0 Å². The molecule has 3 heteroatoms. The summed E-state index contributed by atoms with van der Waals surface area (Å²) < 4.78 is 8.48. The highest BCUT2D eigenvalue weighted by atomic mass is 79.9. The van der Waals surface area contributed by atoms with Crippen LogP contribution in [0.4, 0.5) is 0 Å². The van der Waals surface area contributed by atoms with Gasteiger partial charge in [0.1, 0.15) is 9.54 Å². The lowest BCUT2D eigenvalue weighted by Crippen LogP contribution is -1.88. The van der Waals surface area contributed by atoms with Gasteiger partial charge >= 0.3 is 0 Å². The van der Waals surface area contributed by atoms with Crippen LogP contribution in [0.1, 0.15) is 76.7 Å². The zero-order chi connectivity index (χ0) is 20.3. The van der Waals surface area contributed by atoms with Gasteiger partial charge in [-0.3, -0.25) is 0 Å². The van der Waals surface area contributed by atoms with Crippen molar-refractivity contribution in [2.75, 3.05) is 0 Å². The molecule has 3 rings (SSSR count). The summed E-state index contributed by atoms with van der Waals surface area (Å²) in [6, 6.07) is 17.0. The number of rotatable bonds is 13. The average Bonchev–Trinajstić information content (AvgIpc) is 3.06. The SMILES string of the molecule is CCCCCCCCCCCCc1ccc(Oc2c(Br)sc3ccccc23)cc1. The van der Waals surface area contributed by atoms with Gasteiger partial charge in [0.25, 0.3) is 0 Å². The molecule has 0 bridgehead atoms. The number of aryl methyl sites for hydroxylation is 1. The molecule has 0 saturated heterocycles. The van der Waals surface area contributed by atoms with E-state index in [-0.39, 0.29) is 0 Å². The molecule has 1 nitrogen and oxygen atoms in total. The fourth-order valence-electron chi connectivity index (χ4n) is 3.75. The van der Waals surface area contributed by atoms with Gasteiger partial charge < -0.3 is 4.74 Å². The van der Waals surface area contributed by atoms with E-state index in [9.17, 15) is 0 Å². The molecule has 0 atom stereocenters. The van der Waals surface area contributed by atoms with E-state index in [2.05, 4.69) is 71.4 Å². The van der Waals surface area contributed by atoms with Gasteiger partial charge in [0.2, 0.25) is 0 Å². The molecular formula is C26H33BrOS. The van der Waals surface area contributed by atoms with Gasteiger partial charge in [-0.05, 0) is 58.6 Å². The summed E-state index contributed by atoms with van der Waals surface area (Å²) >= 11 is 5.37. The Morgan fingerprint density at radius 3 is 2.07 bits per heavy atom. The molecule has 29 heavy (non-hydrogen) atoms. The highest BCUT2D eigenvalue weighted by Gasteiger charge is 2.12. The quantitative estimate of drug-likeness (QED) is 0.224. The van der Waals surface area contributed by atoms with Gasteiger partial charge in [-0.15, -0.1) is 11.3 Å². The van der Waals surface area contributed by atoms with Crippen molar-refractivity contribution in [3.05, 3.63) is 57.9 Å². The molecule has 0 spiro atoms. The number of thiophene rings is 1. The second-order valence-corrected chi connectivity index (χ2v) is 10.2. The Kier molecular flexibility index (Phi) is 9.56. The molecule has 0 fully saturated rings. The van der Waals surface area contributed by atoms with Crippen LogP contribution in [-0.2, 0) is 6.42 Å². The lowest BCUT2D eigenvalue weighted by Gasteiger charge is -2.07. The molecule has 156 valence electrons. The normalized spacial score (nSPS) is 11.2. The molecule has 0 aliphatic carbocycles. The fraction of sp³-hybridized carbons (Fsp3) is 0.462. The molecule has 2 aromatic carbocycles. The van der Waals surface area contributed by atoms with Crippen molar-refractivity contribution >= 4 is 37.4 Å². The van der Waals surface area contributed by atoms with Crippen molar-refractivity contribution < 1.29 is 4.74 Å². The molecule has 3 aromatic rings. The van der Waals surface area contributed by atoms with Crippen molar-refractivity contribution in [2.24, 2.45) is 0 Å². The Morgan fingerprint density at radius 2 is 1.38 bits per heavy atom. The van der Waals surface area contributed by atoms with Crippen molar-refractivity contribution in [1.29, 1.82) is 0 Å². The van der Waals surface area contributed by atoms with Gasteiger partial charge in [-0.1, -0.05) is 89.0 Å². The smallest absolute Gasteiger partial charge is 0.160 e. The first-order valence-electron chi connectivity index (χ1n) is 11.2. The van der Waals surface area contributed by atoms with Crippen LogP contribution in [0.3, 0.4) is 0 Å². The summed E-state index contributed by atoms with van der Waals surface area (Å²) in [6.07, 6.45) is 15.0. The summed E-state index contributed by atoms with van der Waals surface area (Å²) in [5.74, 6) is 1.83. The highest BCUT2D eigenvalue weighted by molar-refractivity contribution is 9.11. The number of fused-ring (bicyclic) bond motifs is 1. The molecule has 0 radical (unpaired) electrons. The summed E-state index contributed by atoms with van der Waals surface area (Å²) in [7, 11) is 0. The van der Waals surface area contributed by atoms with Crippen molar-refractivity contribution in [2.45, 2.75) is 77.6 Å². The van der Waals surface area contributed by atoms with E-state index in [1.807, 2.05) is 0 Å². The lowest BCUT2D eigenvalue weighted by molar-refractivity contribution is 0.487. The molecule has 0 amide bonds. The first kappa shape index (κ1) is 22.4. The van der Waals surface area contributed by atoms with Gasteiger partial charge in [-0.25, -0.2) is 0 Å². The minimum atomic E-state index is 0.904. The van der Waals surface area contributed by atoms with E-state index < -0.39 is 0 Å². The van der Waals surface area contributed by atoms with Crippen LogP contribution in [0.5, 0.6) is 11.5 Å². The third-order valence-electron chi connectivity index (χ3n) is 5.47. The maximum Gasteiger partial charge on any atom is 0.160 e. The third-order valence-corrected chi connectivity index (χ3v) is 7.26. The number of hydrogen-bond donors (Lipinski definition) is 0. The minimum absolute atomic E-state index is 0.904. The Balaban J connectivity index is 1.37. The standard InChI is InChI=1S/C26H33BrOS/c1-2-3-4-5-6-7-8-9-10-11-14-21-17-19-22(20-18-21)28-25-23-15-12-13-16-24(23)29-26(25)27/h12-13,15-20H,2-11,14H2,1H3. The maximum atomic E-state index is 6.19. The number of halogens is 1. The van der Waals surface area contributed by atoms with E-state index in [0.29, 0.717) is 0 Å². The summed E-state index contributed by atoms with van der Waals surface area (Å²) in [5, 5.41) is 1.17. The first-order chi connectivity index (χ1) is 14.3. The number of unbranched alkanes of at least 4 members (excludes halogenated alkanes) is 9. The maximum absolute atomic E-state index is 6.19. The van der Waals surface area contributed by atoms with Gasteiger partial charge in [0.15, 0.2) is 5.75 Å². The molecular weight excluding hydrogens is 440 g/mol. The Bertz CT molecular complexity index is 853. The van der Waals surface area contributed by atoms with Gasteiger partial charge in [0, 0.05) is 10.1 Å². The van der Waals surface area contributed by atoms with Crippen molar-refractivity contribution in [1.82, 2.24) is 0 Å². The van der Waals surface area contributed by atoms with Crippen molar-refractivity contribution in [3.8, 4) is 11.5 Å². The number of benzene rings is 2. The monoisotopic (exact) mass is 472 g/mol. The van der Waals surface area contributed by atoms with E-state index >= 15 is 0 Å². The van der Waals surface area contributed by atoms with Gasteiger partial charge in [0.05, 0.1) is 0 Å². The molecule has 0 unspecified atom stereocenters. The van der Waals surface area contributed by atoms with Crippen LogP contribution in [0.25, 0.3) is 10.1 Å². The second kappa shape index (κ2) is 12.4. The van der Waals surface area contributed by atoms with Gasteiger partial charge in [-0.2, -0.15) is 0 Å². The topological polar surface area (TPSA) is 9.23 Å². The largest absolute Gasteiger partial charge is 0.455 e. The van der Waals surface area contributed by atoms with Crippen LogP contribution in [-0.4, -0.2) is 0 Å². The van der Waals surface area contributed by atoms with Crippen LogP contribution < -0.4 is 4.74 Å². The Labute approximate surface area is 188 Å². The Hall–Kier alpha value is -1.32. The first-order valence-corrected chi connectivity index (χ1v) is 12.8. The molecule has 0 aliphatic rings. The number of ether oxygens (including phenoxy) is 1. The minimum Gasteiger partial charge on any atom is -0.455 e. The predicted molar refractivity (Wildman–Crippen MR) is 132 cm³/mol. The predicted octanol–water partition coefficient (Wildman–Crippen LogP) is 9.92. The molecule has 0 aliphatic heterocycles. The molecule has 1 heterocycles. The van der Waals surface area contributed by atoms with E-state index in [1.165, 1.54) is 86.3 Å². The molecule has 0 N–H and O–H groups in total.